The van der Waals surface area contributed by atoms with Gasteiger partial charge in [-0.3, -0.25) is 4.79 Å². The van der Waals surface area contributed by atoms with E-state index < -0.39 is 0 Å². The molecule has 1 aromatic rings. The number of hydrogen-bond donors (Lipinski definition) is 1. The first-order valence-corrected chi connectivity index (χ1v) is 4.75. The number of pyridine rings is 1. The molecule has 1 N–H and O–H groups in total. The molecule has 0 aliphatic heterocycles. The van der Waals surface area contributed by atoms with Gasteiger partial charge in [0.2, 0.25) is 0 Å². The lowest BCUT2D eigenvalue weighted by atomic mass is 10.2. The summed E-state index contributed by atoms with van der Waals surface area (Å²) in [5.41, 5.74) is 0.603. The fourth-order valence-electron chi connectivity index (χ4n) is 0.860. The van der Waals surface area contributed by atoms with Gasteiger partial charge >= 0.3 is 0 Å². The Morgan fingerprint density at radius 2 is 2.46 bits per heavy atom. The molecule has 0 fully saturated rings. The van der Waals surface area contributed by atoms with Gasteiger partial charge in [-0.25, -0.2) is 0 Å². The highest BCUT2D eigenvalue weighted by Crippen LogP contribution is 2.00. The number of aromatic amines is 1. The molecule has 0 aliphatic carbocycles. The van der Waals surface area contributed by atoms with Crippen LogP contribution in [-0.2, 0) is 0 Å². The SMILES string of the molecule is N#Cc1cc(C=CCBr)c[nH]c1=O. The molecule has 0 saturated heterocycles. The summed E-state index contributed by atoms with van der Waals surface area (Å²) in [5, 5.41) is 9.31. The van der Waals surface area contributed by atoms with E-state index in [0.29, 0.717) is 0 Å². The van der Waals surface area contributed by atoms with Crippen molar-refractivity contribution in [1.29, 1.82) is 5.26 Å². The minimum atomic E-state index is -0.349. The lowest BCUT2D eigenvalue weighted by molar-refractivity contribution is 1.21. The van der Waals surface area contributed by atoms with Crippen LogP contribution >= 0.6 is 15.9 Å². The van der Waals surface area contributed by atoms with E-state index in [1.807, 2.05) is 18.2 Å². The monoisotopic (exact) mass is 238 g/mol. The van der Waals surface area contributed by atoms with E-state index in [1.165, 1.54) is 0 Å². The van der Waals surface area contributed by atoms with Gasteiger partial charge in [0.15, 0.2) is 0 Å². The molecule has 0 spiro atoms. The van der Waals surface area contributed by atoms with Gasteiger partial charge in [-0.1, -0.05) is 28.1 Å². The Balaban J connectivity index is 3.08. The lowest BCUT2D eigenvalue weighted by Gasteiger charge is -1.92. The second kappa shape index (κ2) is 4.63. The van der Waals surface area contributed by atoms with Crippen molar-refractivity contribution in [2.45, 2.75) is 0 Å². The first-order valence-electron chi connectivity index (χ1n) is 3.63. The van der Waals surface area contributed by atoms with Crippen LogP contribution in [0.2, 0.25) is 0 Å². The Morgan fingerprint density at radius 3 is 3.08 bits per heavy atom. The Bertz CT molecular complexity index is 414. The zero-order valence-corrected chi connectivity index (χ0v) is 8.34. The molecule has 1 heterocycles. The number of H-pyrrole nitrogens is 1. The molecular weight excluding hydrogens is 232 g/mol. The predicted octanol–water partition coefficient (Wildman–Crippen LogP) is 1.65. The molecule has 13 heavy (non-hydrogen) atoms. The van der Waals surface area contributed by atoms with Crippen LogP contribution < -0.4 is 5.56 Å². The van der Waals surface area contributed by atoms with Gasteiger partial charge < -0.3 is 4.98 Å². The molecule has 0 radical (unpaired) electrons. The van der Waals surface area contributed by atoms with Crippen LogP contribution in [0.1, 0.15) is 11.1 Å². The molecule has 1 rings (SSSR count). The van der Waals surface area contributed by atoms with E-state index >= 15 is 0 Å². The minimum Gasteiger partial charge on any atom is -0.327 e. The molecule has 1 aromatic heterocycles. The molecule has 4 heteroatoms. The first kappa shape index (κ1) is 9.75. The maximum Gasteiger partial charge on any atom is 0.265 e. The zero-order valence-electron chi connectivity index (χ0n) is 6.75. The standard InChI is InChI=1S/C9H7BrN2O/c10-3-1-2-7-4-8(5-11)9(13)12-6-7/h1-2,4,6H,3H2,(H,12,13). The summed E-state index contributed by atoms with van der Waals surface area (Å²) in [4.78, 5) is 13.4. The minimum absolute atomic E-state index is 0.136. The van der Waals surface area contributed by atoms with E-state index in [1.54, 1.807) is 12.3 Å². The third-order valence-electron chi connectivity index (χ3n) is 1.45. The molecule has 66 valence electrons. The van der Waals surface area contributed by atoms with E-state index in [2.05, 4.69) is 20.9 Å². The number of hydrogen-bond acceptors (Lipinski definition) is 2. The number of allylic oxidation sites excluding steroid dienone is 1. The van der Waals surface area contributed by atoms with Gasteiger partial charge in [-0.15, -0.1) is 0 Å². The van der Waals surface area contributed by atoms with Crippen LogP contribution in [0.4, 0.5) is 0 Å². The number of nitriles is 1. The summed E-state index contributed by atoms with van der Waals surface area (Å²) >= 11 is 3.23. The van der Waals surface area contributed by atoms with E-state index in [0.717, 1.165) is 10.9 Å². The molecule has 0 aliphatic rings. The highest BCUT2D eigenvalue weighted by molar-refractivity contribution is 9.09. The topological polar surface area (TPSA) is 56.6 Å². The van der Waals surface area contributed by atoms with Crippen molar-refractivity contribution in [3.63, 3.8) is 0 Å². The van der Waals surface area contributed by atoms with Crippen molar-refractivity contribution in [2.75, 3.05) is 5.33 Å². The second-order valence-electron chi connectivity index (χ2n) is 2.34. The molecule has 0 unspecified atom stereocenters. The second-order valence-corrected chi connectivity index (χ2v) is 2.99. The maximum atomic E-state index is 11.0. The summed E-state index contributed by atoms with van der Waals surface area (Å²) < 4.78 is 0. The van der Waals surface area contributed by atoms with Gasteiger partial charge in [-0.2, -0.15) is 5.26 Å². The fraction of sp³-hybridized carbons (Fsp3) is 0.111. The van der Waals surface area contributed by atoms with Crippen molar-refractivity contribution in [1.82, 2.24) is 4.98 Å². The molecule has 0 saturated carbocycles. The number of nitrogens with one attached hydrogen (secondary N) is 1. The highest BCUT2D eigenvalue weighted by Gasteiger charge is 1.96. The van der Waals surface area contributed by atoms with Gasteiger partial charge in [0, 0.05) is 11.5 Å². The number of aromatic nitrogens is 1. The summed E-state index contributed by atoms with van der Waals surface area (Å²) in [5.74, 6) is 0. The van der Waals surface area contributed by atoms with Gasteiger partial charge in [0.25, 0.3) is 5.56 Å². The summed E-state index contributed by atoms with van der Waals surface area (Å²) in [7, 11) is 0. The Labute approximate surface area is 83.8 Å². The number of nitrogens with zero attached hydrogens (tertiary/aromatic N) is 1. The lowest BCUT2D eigenvalue weighted by Crippen LogP contribution is -2.08. The first-order chi connectivity index (χ1) is 6.27. The number of rotatable bonds is 2. The van der Waals surface area contributed by atoms with Gasteiger partial charge in [-0.05, 0) is 11.6 Å². The Morgan fingerprint density at radius 1 is 1.69 bits per heavy atom. The van der Waals surface area contributed by atoms with Crippen LogP contribution in [0, 0.1) is 11.3 Å². The van der Waals surface area contributed by atoms with E-state index in [9.17, 15) is 4.79 Å². The van der Waals surface area contributed by atoms with Crippen LogP contribution in [0.15, 0.2) is 23.1 Å². The molecular formula is C9H7BrN2O. The third-order valence-corrected chi connectivity index (χ3v) is 1.82. The van der Waals surface area contributed by atoms with Crippen molar-refractivity contribution < 1.29 is 0 Å². The van der Waals surface area contributed by atoms with Crippen molar-refractivity contribution >= 4 is 22.0 Å². The van der Waals surface area contributed by atoms with Crippen LogP contribution in [0.25, 0.3) is 6.08 Å². The maximum absolute atomic E-state index is 11.0. The van der Waals surface area contributed by atoms with Crippen molar-refractivity contribution in [3.05, 3.63) is 39.8 Å². The zero-order chi connectivity index (χ0) is 9.68. The average molecular weight is 239 g/mol. The Kier molecular flexibility index (Phi) is 3.47. The normalized spacial score (nSPS) is 10.2. The molecule has 3 nitrogen and oxygen atoms in total. The molecule has 0 aromatic carbocycles. The van der Waals surface area contributed by atoms with Crippen LogP contribution in [0.5, 0.6) is 0 Å². The summed E-state index contributed by atoms with van der Waals surface area (Å²) in [6.45, 7) is 0. The molecule has 0 atom stereocenters. The van der Waals surface area contributed by atoms with Crippen molar-refractivity contribution in [3.8, 4) is 6.07 Å². The molecule has 0 amide bonds. The highest BCUT2D eigenvalue weighted by atomic mass is 79.9. The number of halogens is 1. The van der Waals surface area contributed by atoms with Crippen LogP contribution in [-0.4, -0.2) is 10.3 Å². The largest absolute Gasteiger partial charge is 0.327 e. The van der Waals surface area contributed by atoms with Gasteiger partial charge in [0.1, 0.15) is 11.6 Å². The smallest absolute Gasteiger partial charge is 0.265 e. The van der Waals surface area contributed by atoms with E-state index in [-0.39, 0.29) is 11.1 Å². The predicted molar refractivity (Wildman–Crippen MR) is 54.6 cm³/mol. The average Bonchev–Trinajstić information content (AvgIpc) is 2.16. The number of alkyl halides is 1. The fourth-order valence-corrected chi connectivity index (χ4v) is 1.05. The summed E-state index contributed by atoms with van der Waals surface area (Å²) in [6, 6.07) is 3.38. The summed E-state index contributed by atoms with van der Waals surface area (Å²) in [6.07, 6.45) is 5.28. The van der Waals surface area contributed by atoms with Gasteiger partial charge in [0.05, 0.1) is 0 Å². The van der Waals surface area contributed by atoms with Crippen LogP contribution in [0.3, 0.4) is 0 Å². The quantitative estimate of drug-likeness (QED) is 0.797. The van der Waals surface area contributed by atoms with E-state index in [4.69, 9.17) is 5.26 Å². The van der Waals surface area contributed by atoms with Crippen molar-refractivity contribution in [2.24, 2.45) is 0 Å². The Hall–Kier alpha value is -1.34. The third kappa shape index (κ3) is 2.56. The molecule has 0 bridgehead atoms.